The smallest absolute Gasteiger partial charge is 0.228 e. The molecule has 5 heterocycles. The molecule has 7 aromatic rings. The Labute approximate surface area is 193 Å². The summed E-state index contributed by atoms with van der Waals surface area (Å²) in [5.74, 6) is 2.37. The predicted octanol–water partition coefficient (Wildman–Crippen LogP) is 7.75. The Hall–Kier alpha value is -4.25. The number of hydrogen-bond donors (Lipinski definition) is 0. The second kappa shape index (κ2) is 5.81. The van der Waals surface area contributed by atoms with Crippen LogP contribution in [0.4, 0.5) is 0 Å². The lowest BCUT2D eigenvalue weighted by atomic mass is 9.90. The van der Waals surface area contributed by atoms with Gasteiger partial charge >= 0.3 is 0 Å². The first-order valence-corrected chi connectivity index (χ1v) is 11.4. The number of aryl methyl sites for hydroxylation is 4. The van der Waals surface area contributed by atoms with E-state index in [2.05, 4.69) is 55.9 Å². The van der Waals surface area contributed by atoms with Crippen LogP contribution in [-0.2, 0) is 7.05 Å². The fourth-order valence-electron chi connectivity index (χ4n) is 5.79. The summed E-state index contributed by atoms with van der Waals surface area (Å²) in [5.41, 5.74) is 8.31. The zero-order valence-corrected chi connectivity index (χ0v) is 19.2. The van der Waals surface area contributed by atoms with Crippen molar-refractivity contribution in [1.29, 1.82) is 0 Å². The molecule has 5 nitrogen and oxygen atoms in total. The van der Waals surface area contributed by atoms with Crippen LogP contribution in [0.3, 0.4) is 0 Å². The van der Waals surface area contributed by atoms with Crippen molar-refractivity contribution in [2.24, 2.45) is 7.05 Å². The maximum absolute atomic E-state index is 6.75. The number of pyridine rings is 1. The minimum atomic E-state index is 0.709. The van der Waals surface area contributed by atoms with E-state index < -0.39 is 0 Å². The third kappa shape index (κ3) is 2.00. The van der Waals surface area contributed by atoms with E-state index >= 15 is 0 Å². The molecular formula is C29H20NO4+. The van der Waals surface area contributed by atoms with E-state index in [1.165, 1.54) is 0 Å². The molecule has 0 fully saturated rings. The molecule has 0 amide bonds. The molecule has 1 aliphatic rings. The molecule has 0 saturated carbocycles. The Morgan fingerprint density at radius 3 is 2.41 bits per heavy atom. The first kappa shape index (κ1) is 18.2. The number of aromatic nitrogens is 1. The number of hydrogen-bond acceptors (Lipinski definition) is 4. The molecule has 0 unspecified atom stereocenters. The van der Waals surface area contributed by atoms with E-state index in [9.17, 15) is 0 Å². The highest BCUT2D eigenvalue weighted by atomic mass is 16.5. The van der Waals surface area contributed by atoms with Gasteiger partial charge in [0, 0.05) is 28.5 Å². The molecule has 8 rings (SSSR count). The number of fused-ring (bicyclic) bond motifs is 9. The fraction of sp³-hybridized carbons (Fsp3) is 0.138. The summed E-state index contributed by atoms with van der Waals surface area (Å²) in [4.78, 5) is 0. The highest BCUT2D eigenvalue weighted by Crippen LogP contribution is 2.54. The van der Waals surface area contributed by atoms with Crippen LogP contribution in [-0.4, -0.2) is 0 Å². The van der Waals surface area contributed by atoms with Crippen LogP contribution < -0.4 is 9.30 Å². The lowest BCUT2D eigenvalue weighted by molar-refractivity contribution is -0.659. The van der Waals surface area contributed by atoms with Crippen LogP contribution in [0.15, 0.2) is 61.9 Å². The molecule has 0 radical (unpaired) electrons. The first-order valence-electron chi connectivity index (χ1n) is 11.4. The van der Waals surface area contributed by atoms with Crippen LogP contribution in [0.1, 0.15) is 16.9 Å². The van der Waals surface area contributed by atoms with Crippen LogP contribution in [0.25, 0.3) is 66.1 Å². The minimum absolute atomic E-state index is 0.709. The van der Waals surface area contributed by atoms with E-state index in [1.54, 1.807) is 0 Å². The molecular weight excluding hydrogens is 426 g/mol. The number of ether oxygens (including phenoxy) is 1. The maximum atomic E-state index is 6.75. The molecule has 0 spiro atoms. The zero-order chi connectivity index (χ0) is 22.9. The largest absolute Gasteiger partial charge is 0.457 e. The third-order valence-corrected chi connectivity index (χ3v) is 7.31. The number of nitrogens with zero attached hydrogens (tertiary/aromatic N) is 1. The van der Waals surface area contributed by atoms with E-state index in [4.69, 9.17) is 18.0 Å². The van der Waals surface area contributed by atoms with Gasteiger partial charge < -0.3 is 18.0 Å². The number of rotatable bonds is 0. The van der Waals surface area contributed by atoms with Gasteiger partial charge in [-0.25, -0.2) is 4.57 Å². The molecule has 34 heavy (non-hydrogen) atoms. The van der Waals surface area contributed by atoms with E-state index in [0.717, 1.165) is 88.9 Å². The monoisotopic (exact) mass is 446 g/mol. The van der Waals surface area contributed by atoms with Gasteiger partial charge in [0.05, 0.1) is 10.9 Å². The molecule has 0 saturated heterocycles. The molecule has 0 bridgehead atoms. The predicted molar refractivity (Wildman–Crippen MR) is 132 cm³/mol. The van der Waals surface area contributed by atoms with Gasteiger partial charge in [-0.1, -0.05) is 18.2 Å². The van der Waals surface area contributed by atoms with Crippen molar-refractivity contribution in [3.63, 3.8) is 0 Å². The standard InChI is InChI=1S/C29H20NO4/c1-13-11-20-27(31-13)18-12-16-9-10-30(4)24-22-14(2)21-17-7-5-6-8-19(17)32-25(21)15(3)26(22)34-29(23(16)24)28(18)33-20/h5-12H,1-4H3/q+1. The van der Waals surface area contributed by atoms with E-state index in [1.807, 2.05) is 25.1 Å². The van der Waals surface area contributed by atoms with Gasteiger partial charge in [0.15, 0.2) is 28.7 Å². The van der Waals surface area contributed by atoms with Gasteiger partial charge in [-0.3, -0.25) is 0 Å². The number of para-hydroxylation sites is 1. The highest BCUT2D eigenvalue weighted by molar-refractivity contribution is 6.18. The van der Waals surface area contributed by atoms with E-state index in [-0.39, 0.29) is 0 Å². The van der Waals surface area contributed by atoms with Crippen molar-refractivity contribution < 1.29 is 22.6 Å². The van der Waals surface area contributed by atoms with Crippen LogP contribution >= 0.6 is 0 Å². The van der Waals surface area contributed by atoms with Crippen LogP contribution in [0.5, 0.6) is 11.5 Å². The number of benzene rings is 3. The summed E-state index contributed by atoms with van der Waals surface area (Å²) in [5, 5.41) is 5.33. The topological polar surface area (TPSA) is 52.5 Å². The Morgan fingerprint density at radius 2 is 1.53 bits per heavy atom. The Kier molecular flexibility index (Phi) is 3.11. The first-order chi connectivity index (χ1) is 16.5. The second-order valence-electron chi connectivity index (χ2n) is 9.33. The lowest BCUT2D eigenvalue weighted by Crippen LogP contribution is -2.32. The SMILES string of the molecule is Cc1cc2oc3c4c5c([n+](C)ccc5cc3c2o1)-c1c(c(C)c2oc3ccccc3c2c1C)O4. The average Bonchev–Trinajstić information content (AvgIpc) is 3.49. The second-order valence-corrected chi connectivity index (χ2v) is 9.33. The molecule has 0 aliphatic carbocycles. The maximum Gasteiger partial charge on any atom is 0.228 e. The van der Waals surface area contributed by atoms with Gasteiger partial charge in [0.25, 0.3) is 0 Å². The summed E-state index contributed by atoms with van der Waals surface area (Å²) in [6.45, 7) is 6.17. The summed E-state index contributed by atoms with van der Waals surface area (Å²) < 4.78 is 27.5. The van der Waals surface area contributed by atoms with Crippen molar-refractivity contribution in [3.05, 3.63) is 65.5 Å². The fourth-order valence-corrected chi connectivity index (χ4v) is 5.79. The molecule has 3 aromatic carbocycles. The summed E-state index contributed by atoms with van der Waals surface area (Å²) in [6.07, 6.45) is 2.11. The van der Waals surface area contributed by atoms with Gasteiger partial charge in [-0.15, -0.1) is 0 Å². The molecule has 164 valence electrons. The number of furan rings is 3. The third-order valence-electron chi connectivity index (χ3n) is 7.31. The Morgan fingerprint density at radius 1 is 0.706 bits per heavy atom. The van der Waals surface area contributed by atoms with Crippen molar-refractivity contribution in [1.82, 2.24) is 0 Å². The van der Waals surface area contributed by atoms with Crippen LogP contribution in [0, 0.1) is 20.8 Å². The van der Waals surface area contributed by atoms with Crippen LogP contribution in [0.2, 0.25) is 0 Å². The van der Waals surface area contributed by atoms with Crippen molar-refractivity contribution >= 4 is 54.8 Å². The summed E-state index contributed by atoms with van der Waals surface area (Å²) in [7, 11) is 2.08. The van der Waals surface area contributed by atoms with Crippen molar-refractivity contribution in [2.45, 2.75) is 20.8 Å². The minimum Gasteiger partial charge on any atom is -0.457 e. The van der Waals surface area contributed by atoms with Gasteiger partial charge in [0.1, 0.15) is 35.1 Å². The molecule has 4 aromatic heterocycles. The Balaban J connectivity index is 1.60. The molecule has 5 heteroatoms. The summed E-state index contributed by atoms with van der Waals surface area (Å²) in [6, 6.07) is 14.4. The average molecular weight is 446 g/mol. The van der Waals surface area contributed by atoms with E-state index in [0.29, 0.717) is 5.58 Å². The Bertz CT molecular complexity index is 2030. The van der Waals surface area contributed by atoms with Gasteiger partial charge in [0.2, 0.25) is 5.69 Å². The lowest BCUT2D eigenvalue weighted by Gasteiger charge is -2.22. The van der Waals surface area contributed by atoms with Crippen molar-refractivity contribution in [3.8, 4) is 22.8 Å². The summed E-state index contributed by atoms with van der Waals surface area (Å²) >= 11 is 0. The molecule has 0 N–H and O–H groups in total. The molecule has 0 atom stereocenters. The highest BCUT2D eigenvalue weighted by Gasteiger charge is 2.35. The normalized spacial score (nSPS) is 12.9. The van der Waals surface area contributed by atoms with Crippen molar-refractivity contribution in [2.75, 3.05) is 0 Å². The van der Waals surface area contributed by atoms with Gasteiger partial charge in [-0.2, -0.15) is 0 Å². The molecule has 1 aliphatic heterocycles. The quantitative estimate of drug-likeness (QED) is 0.223. The van der Waals surface area contributed by atoms with Gasteiger partial charge in [-0.05, 0) is 43.9 Å². The zero-order valence-electron chi connectivity index (χ0n) is 19.2.